The van der Waals surface area contributed by atoms with Crippen LogP contribution in [0.4, 0.5) is 10.1 Å². The molecule has 0 spiro atoms. The maximum absolute atomic E-state index is 13.6. The van der Waals surface area contributed by atoms with Crippen LogP contribution < -0.4 is 9.64 Å². The van der Waals surface area contributed by atoms with Gasteiger partial charge in [0.1, 0.15) is 11.6 Å². The first-order chi connectivity index (χ1) is 16.2. The third kappa shape index (κ3) is 5.31. The Morgan fingerprint density at radius 1 is 0.939 bits per heavy atom. The molecule has 0 amide bonds. The summed E-state index contributed by atoms with van der Waals surface area (Å²) in [4.78, 5) is 16.4. The summed E-state index contributed by atoms with van der Waals surface area (Å²) in [5, 5.41) is 1.01. The van der Waals surface area contributed by atoms with Crippen LogP contribution in [0, 0.1) is 5.82 Å². The van der Waals surface area contributed by atoms with Gasteiger partial charge in [0, 0.05) is 61.4 Å². The molecule has 7 heteroatoms. The van der Waals surface area contributed by atoms with Gasteiger partial charge in [0.15, 0.2) is 0 Å². The highest BCUT2D eigenvalue weighted by atomic mass is 19.1. The summed E-state index contributed by atoms with van der Waals surface area (Å²) in [5.74, 6) is 0.565. The molecule has 1 aliphatic heterocycles. The zero-order chi connectivity index (χ0) is 22.5. The number of halogens is 1. The normalized spacial score (nSPS) is 14.6. The van der Waals surface area contributed by atoms with Crippen molar-refractivity contribution in [1.29, 1.82) is 0 Å². The monoisotopic (exact) mass is 445 g/mol. The average molecular weight is 446 g/mol. The molecule has 5 rings (SSSR count). The Morgan fingerprint density at radius 2 is 1.73 bits per heavy atom. The van der Waals surface area contributed by atoms with Crippen LogP contribution in [0.25, 0.3) is 10.9 Å². The molecule has 0 bridgehead atoms. The highest BCUT2D eigenvalue weighted by Gasteiger charge is 2.17. The zero-order valence-electron chi connectivity index (χ0n) is 18.6. The average Bonchev–Trinajstić information content (AvgIpc) is 3.25. The zero-order valence-corrected chi connectivity index (χ0v) is 18.6. The van der Waals surface area contributed by atoms with Crippen LogP contribution in [0.5, 0.6) is 11.8 Å². The number of H-pyrrole nitrogens is 1. The number of nitrogens with zero attached hydrogens (tertiary/aromatic N) is 4. The van der Waals surface area contributed by atoms with E-state index in [4.69, 9.17) is 4.74 Å². The van der Waals surface area contributed by atoms with Gasteiger partial charge in [-0.1, -0.05) is 0 Å². The van der Waals surface area contributed by atoms with E-state index in [2.05, 4.69) is 36.9 Å². The van der Waals surface area contributed by atoms with Gasteiger partial charge in [0.2, 0.25) is 0 Å². The number of rotatable bonds is 8. The minimum atomic E-state index is -0.173. The second-order valence-corrected chi connectivity index (χ2v) is 8.42. The summed E-state index contributed by atoms with van der Waals surface area (Å²) >= 11 is 0. The minimum absolute atomic E-state index is 0.173. The molecule has 0 unspecified atom stereocenters. The lowest BCUT2D eigenvalue weighted by Crippen LogP contribution is -2.46. The van der Waals surface area contributed by atoms with Crippen molar-refractivity contribution in [2.45, 2.75) is 19.3 Å². The first-order valence-corrected chi connectivity index (χ1v) is 11.5. The summed E-state index contributed by atoms with van der Waals surface area (Å²) < 4.78 is 19.2. The molecule has 2 aromatic carbocycles. The fraction of sp³-hybridized carbons (Fsp3) is 0.308. The quantitative estimate of drug-likeness (QED) is 0.385. The van der Waals surface area contributed by atoms with E-state index in [1.165, 1.54) is 17.3 Å². The van der Waals surface area contributed by atoms with E-state index < -0.39 is 0 Å². The number of ether oxygens (including phenoxy) is 1. The predicted molar refractivity (Wildman–Crippen MR) is 128 cm³/mol. The van der Waals surface area contributed by atoms with Crippen LogP contribution in [-0.2, 0) is 6.42 Å². The fourth-order valence-electron chi connectivity index (χ4n) is 4.41. The van der Waals surface area contributed by atoms with Crippen molar-refractivity contribution < 1.29 is 9.13 Å². The van der Waals surface area contributed by atoms with Gasteiger partial charge in [-0.3, -0.25) is 4.90 Å². The molecule has 1 N–H and O–H groups in total. The van der Waals surface area contributed by atoms with E-state index in [0.29, 0.717) is 6.01 Å². The van der Waals surface area contributed by atoms with E-state index in [1.54, 1.807) is 24.5 Å². The van der Waals surface area contributed by atoms with Gasteiger partial charge >= 0.3 is 6.01 Å². The van der Waals surface area contributed by atoms with E-state index in [0.717, 1.165) is 68.6 Å². The molecular formula is C26H28FN5O. The molecule has 4 aromatic rings. The van der Waals surface area contributed by atoms with Gasteiger partial charge in [-0.15, -0.1) is 0 Å². The van der Waals surface area contributed by atoms with Crippen LogP contribution >= 0.6 is 0 Å². The number of benzene rings is 2. The molecule has 1 fully saturated rings. The molecule has 6 nitrogen and oxygen atoms in total. The van der Waals surface area contributed by atoms with Crippen molar-refractivity contribution in [1.82, 2.24) is 19.9 Å². The van der Waals surface area contributed by atoms with Crippen LogP contribution in [0.3, 0.4) is 0 Å². The van der Waals surface area contributed by atoms with Crippen molar-refractivity contribution in [3.8, 4) is 11.8 Å². The maximum atomic E-state index is 13.6. The minimum Gasteiger partial charge on any atom is -0.424 e. The number of unbranched alkanes of at least 4 members (excludes halogenated alkanes) is 1. The van der Waals surface area contributed by atoms with Crippen LogP contribution in [0.2, 0.25) is 0 Å². The van der Waals surface area contributed by atoms with Gasteiger partial charge < -0.3 is 14.6 Å². The number of piperazine rings is 1. The third-order valence-electron chi connectivity index (χ3n) is 6.23. The molecule has 1 saturated heterocycles. The van der Waals surface area contributed by atoms with E-state index in [9.17, 15) is 4.39 Å². The molecule has 0 radical (unpaired) electrons. The Kier molecular flexibility index (Phi) is 6.48. The number of aromatic amines is 1. The summed E-state index contributed by atoms with van der Waals surface area (Å²) in [6, 6.07) is 15.2. The maximum Gasteiger partial charge on any atom is 0.321 e. The highest BCUT2D eigenvalue weighted by molar-refractivity contribution is 5.83. The van der Waals surface area contributed by atoms with Gasteiger partial charge in [-0.2, -0.15) is 0 Å². The first-order valence-electron chi connectivity index (χ1n) is 11.5. The number of nitrogens with one attached hydrogen (secondary N) is 1. The lowest BCUT2D eigenvalue weighted by molar-refractivity contribution is 0.253. The Morgan fingerprint density at radius 3 is 2.52 bits per heavy atom. The number of anilines is 1. The van der Waals surface area contributed by atoms with Crippen molar-refractivity contribution in [3.05, 3.63) is 78.5 Å². The fourth-order valence-corrected chi connectivity index (χ4v) is 4.41. The van der Waals surface area contributed by atoms with Crippen molar-refractivity contribution >= 4 is 16.6 Å². The second-order valence-electron chi connectivity index (χ2n) is 8.42. The Labute approximate surface area is 193 Å². The van der Waals surface area contributed by atoms with E-state index in [1.807, 2.05) is 24.4 Å². The summed E-state index contributed by atoms with van der Waals surface area (Å²) in [6.45, 7) is 5.27. The SMILES string of the molecule is Fc1ccc2[nH]cc(CCCCN3CCN(c4ccc(Oc5ncccn5)cc4)CC3)c2c1. The van der Waals surface area contributed by atoms with Crippen LogP contribution in [-0.4, -0.2) is 52.6 Å². The number of hydrogen-bond acceptors (Lipinski definition) is 5. The van der Waals surface area contributed by atoms with Gasteiger partial charge in [0.25, 0.3) is 0 Å². The molecule has 0 atom stereocenters. The predicted octanol–water partition coefficient (Wildman–Crippen LogP) is 5.03. The third-order valence-corrected chi connectivity index (χ3v) is 6.23. The van der Waals surface area contributed by atoms with Crippen LogP contribution in [0.1, 0.15) is 18.4 Å². The molecular weight excluding hydrogens is 417 g/mol. The van der Waals surface area contributed by atoms with Crippen LogP contribution in [0.15, 0.2) is 67.1 Å². The van der Waals surface area contributed by atoms with E-state index >= 15 is 0 Å². The lowest BCUT2D eigenvalue weighted by atomic mass is 10.1. The molecule has 0 aliphatic carbocycles. The summed E-state index contributed by atoms with van der Waals surface area (Å²) in [6.07, 6.45) is 8.59. The van der Waals surface area contributed by atoms with Crippen molar-refractivity contribution in [2.24, 2.45) is 0 Å². The second kappa shape index (κ2) is 10.0. The Hall–Kier alpha value is -3.45. The van der Waals surface area contributed by atoms with Crippen molar-refractivity contribution in [2.75, 3.05) is 37.6 Å². The topological polar surface area (TPSA) is 57.3 Å². The molecule has 33 heavy (non-hydrogen) atoms. The number of aryl methyl sites for hydroxylation is 1. The largest absolute Gasteiger partial charge is 0.424 e. The summed E-state index contributed by atoms with van der Waals surface area (Å²) in [5.41, 5.74) is 3.43. The Bertz CT molecular complexity index is 1170. The van der Waals surface area contributed by atoms with Crippen molar-refractivity contribution in [3.63, 3.8) is 0 Å². The molecule has 170 valence electrons. The van der Waals surface area contributed by atoms with Gasteiger partial charge in [-0.25, -0.2) is 14.4 Å². The molecule has 3 heterocycles. The molecule has 0 saturated carbocycles. The van der Waals surface area contributed by atoms with E-state index in [-0.39, 0.29) is 5.82 Å². The number of aromatic nitrogens is 3. The summed E-state index contributed by atoms with van der Waals surface area (Å²) in [7, 11) is 0. The first kappa shape index (κ1) is 21.4. The standard InChI is InChI=1S/C26H28FN5O/c27-21-5-10-25-24(18-21)20(19-30-25)4-1-2-13-31-14-16-32(17-15-31)22-6-8-23(9-7-22)33-26-28-11-3-12-29-26/h3,5-12,18-19,30H,1-2,4,13-17H2. The molecule has 1 aliphatic rings. The van der Waals surface area contributed by atoms with Gasteiger partial charge in [0.05, 0.1) is 0 Å². The smallest absolute Gasteiger partial charge is 0.321 e. The number of hydrogen-bond donors (Lipinski definition) is 1. The number of fused-ring (bicyclic) bond motifs is 1. The molecule has 2 aromatic heterocycles. The lowest BCUT2D eigenvalue weighted by Gasteiger charge is -2.36. The highest BCUT2D eigenvalue weighted by Crippen LogP contribution is 2.24. The Balaban J connectivity index is 1.05. The van der Waals surface area contributed by atoms with Gasteiger partial charge in [-0.05, 0) is 79.9 Å².